The summed E-state index contributed by atoms with van der Waals surface area (Å²) >= 11 is 0. The zero-order chi connectivity index (χ0) is 10.3. The molecule has 0 spiro atoms. The van der Waals surface area contributed by atoms with Crippen LogP contribution in [0.1, 0.15) is 11.1 Å². The summed E-state index contributed by atoms with van der Waals surface area (Å²) in [5, 5.41) is 10.1. The number of aromatic hydroxyl groups is 1. The van der Waals surface area contributed by atoms with Crippen LogP contribution < -0.4 is 5.63 Å². The first kappa shape index (κ1) is 11.3. The van der Waals surface area contributed by atoms with E-state index in [1.807, 2.05) is 19.9 Å². The summed E-state index contributed by atoms with van der Waals surface area (Å²) in [5.41, 5.74) is 1.99. The second-order valence-corrected chi connectivity index (χ2v) is 3.38. The van der Waals surface area contributed by atoms with Crippen molar-refractivity contribution >= 4 is 11.0 Å². The van der Waals surface area contributed by atoms with Crippen LogP contribution >= 0.6 is 0 Å². The molecule has 2 aromatic rings. The Balaban J connectivity index is 0.00000112. The molecule has 1 aromatic carbocycles. The van der Waals surface area contributed by atoms with E-state index in [4.69, 9.17) is 4.42 Å². The van der Waals surface area contributed by atoms with E-state index >= 15 is 0 Å². The lowest BCUT2D eigenvalue weighted by Gasteiger charge is -2.03. The van der Waals surface area contributed by atoms with E-state index in [1.165, 1.54) is 0 Å². The van der Waals surface area contributed by atoms with Crippen LogP contribution in [0, 0.1) is 13.8 Å². The number of hydrogen-bond acceptors (Lipinski definition) is 3. The summed E-state index contributed by atoms with van der Waals surface area (Å²) in [7, 11) is 0. The first-order valence-corrected chi connectivity index (χ1v) is 4.32. The normalized spacial score (nSPS) is 10.0. The zero-order valence-electron chi connectivity index (χ0n) is 8.50. The highest BCUT2D eigenvalue weighted by Gasteiger charge is 2.05. The molecule has 4 heteroatoms. The summed E-state index contributed by atoms with van der Waals surface area (Å²) in [6, 6.07) is 4.64. The number of hydrogen-bond donors (Lipinski definition) is 1. The Kier molecular flexibility index (Phi) is 2.81. The van der Waals surface area contributed by atoms with Crippen molar-refractivity contribution < 1.29 is 15.0 Å². The van der Waals surface area contributed by atoms with Crippen LogP contribution in [0.15, 0.2) is 27.4 Å². The van der Waals surface area contributed by atoms with Crippen LogP contribution in [-0.4, -0.2) is 10.6 Å². The van der Waals surface area contributed by atoms with Gasteiger partial charge < -0.3 is 15.0 Å². The van der Waals surface area contributed by atoms with Crippen molar-refractivity contribution in [1.29, 1.82) is 0 Å². The van der Waals surface area contributed by atoms with Crippen molar-refractivity contribution in [1.82, 2.24) is 0 Å². The molecule has 80 valence electrons. The van der Waals surface area contributed by atoms with E-state index in [0.29, 0.717) is 11.0 Å². The molecule has 0 atom stereocenters. The third-order valence-corrected chi connectivity index (χ3v) is 2.34. The minimum atomic E-state index is -0.529. The lowest BCUT2D eigenvalue weighted by atomic mass is 10.1. The van der Waals surface area contributed by atoms with Crippen LogP contribution in [0.5, 0.6) is 5.75 Å². The van der Waals surface area contributed by atoms with Crippen LogP contribution in [0.2, 0.25) is 0 Å². The molecule has 3 N–H and O–H groups in total. The first-order valence-electron chi connectivity index (χ1n) is 4.32. The highest BCUT2D eigenvalue weighted by molar-refractivity contribution is 5.84. The van der Waals surface area contributed by atoms with Gasteiger partial charge in [-0.15, -0.1) is 0 Å². The average Bonchev–Trinajstić information content (AvgIpc) is 2.08. The Morgan fingerprint density at radius 2 is 1.73 bits per heavy atom. The fraction of sp³-hybridized carbons (Fsp3) is 0.182. The first-order chi connectivity index (χ1) is 6.58. The lowest BCUT2D eigenvalue weighted by molar-refractivity contribution is 0.468. The highest BCUT2D eigenvalue weighted by atomic mass is 16.4. The Bertz CT molecular complexity index is 554. The zero-order valence-corrected chi connectivity index (χ0v) is 8.50. The van der Waals surface area contributed by atoms with E-state index in [-0.39, 0.29) is 11.2 Å². The van der Waals surface area contributed by atoms with Gasteiger partial charge in [0.25, 0.3) is 0 Å². The summed E-state index contributed by atoms with van der Waals surface area (Å²) in [6.07, 6.45) is 0. The molecule has 0 radical (unpaired) electrons. The van der Waals surface area contributed by atoms with Gasteiger partial charge in [0.05, 0.1) is 11.5 Å². The number of fused-ring (bicyclic) bond motifs is 1. The van der Waals surface area contributed by atoms with E-state index in [2.05, 4.69) is 0 Å². The Morgan fingerprint density at radius 1 is 1.13 bits per heavy atom. The second kappa shape index (κ2) is 3.74. The summed E-state index contributed by atoms with van der Waals surface area (Å²) < 4.78 is 4.96. The molecule has 0 saturated heterocycles. The summed E-state index contributed by atoms with van der Waals surface area (Å²) in [4.78, 5) is 11.0. The molecular weight excluding hydrogens is 196 g/mol. The van der Waals surface area contributed by atoms with E-state index < -0.39 is 5.63 Å². The maximum absolute atomic E-state index is 11.0. The van der Waals surface area contributed by atoms with Crippen molar-refractivity contribution in [3.05, 3.63) is 39.7 Å². The van der Waals surface area contributed by atoms with Crippen molar-refractivity contribution in [3.8, 4) is 5.75 Å². The fourth-order valence-electron chi connectivity index (χ4n) is 1.40. The molecule has 0 aliphatic rings. The lowest BCUT2D eigenvalue weighted by Crippen LogP contribution is -1.96. The maximum atomic E-state index is 11.0. The van der Waals surface area contributed by atoms with Crippen LogP contribution in [0.25, 0.3) is 11.0 Å². The maximum Gasteiger partial charge on any atom is 0.339 e. The van der Waals surface area contributed by atoms with Gasteiger partial charge >= 0.3 is 5.63 Å². The Hall–Kier alpha value is -1.81. The van der Waals surface area contributed by atoms with Gasteiger partial charge in [-0.25, -0.2) is 4.79 Å². The topological polar surface area (TPSA) is 81.9 Å². The largest absolute Gasteiger partial charge is 0.507 e. The minimum absolute atomic E-state index is 0. The van der Waals surface area contributed by atoms with Crippen molar-refractivity contribution in [3.63, 3.8) is 0 Å². The number of benzene rings is 1. The fourth-order valence-corrected chi connectivity index (χ4v) is 1.40. The quantitative estimate of drug-likeness (QED) is 0.662. The summed E-state index contributed by atoms with van der Waals surface area (Å²) in [6.45, 7) is 3.87. The van der Waals surface area contributed by atoms with E-state index in [1.54, 1.807) is 6.07 Å². The molecule has 0 saturated carbocycles. The monoisotopic (exact) mass is 208 g/mol. The molecule has 4 nitrogen and oxygen atoms in total. The molecule has 2 rings (SSSR count). The molecule has 0 aliphatic heterocycles. The van der Waals surface area contributed by atoms with Crippen LogP contribution in [-0.2, 0) is 0 Å². The Morgan fingerprint density at radius 3 is 2.40 bits per heavy atom. The van der Waals surface area contributed by atoms with Gasteiger partial charge in [0, 0.05) is 0 Å². The Labute approximate surface area is 86.1 Å². The predicted molar refractivity (Wildman–Crippen MR) is 57.2 cm³/mol. The smallest absolute Gasteiger partial charge is 0.339 e. The molecular formula is C11H12O4. The van der Waals surface area contributed by atoms with Gasteiger partial charge in [-0.05, 0) is 37.1 Å². The third kappa shape index (κ3) is 1.85. The van der Waals surface area contributed by atoms with Gasteiger partial charge in [-0.2, -0.15) is 0 Å². The number of aryl methyl sites for hydroxylation is 2. The SMILES string of the molecule is Cc1cc2oc(=O)cc(O)c2cc1C.O. The van der Waals surface area contributed by atoms with Gasteiger partial charge in [-0.1, -0.05) is 0 Å². The predicted octanol–water partition coefficient (Wildman–Crippen LogP) is 1.29. The molecule has 0 amide bonds. The second-order valence-electron chi connectivity index (χ2n) is 3.38. The van der Waals surface area contributed by atoms with E-state index in [0.717, 1.165) is 17.2 Å². The molecule has 0 fully saturated rings. The van der Waals surface area contributed by atoms with Crippen molar-refractivity contribution in [2.24, 2.45) is 0 Å². The van der Waals surface area contributed by atoms with Crippen molar-refractivity contribution in [2.75, 3.05) is 0 Å². The third-order valence-electron chi connectivity index (χ3n) is 2.34. The van der Waals surface area contributed by atoms with Gasteiger partial charge in [0.1, 0.15) is 11.3 Å². The van der Waals surface area contributed by atoms with Gasteiger partial charge in [0.2, 0.25) is 0 Å². The molecule has 15 heavy (non-hydrogen) atoms. The summed E-state index contributed by atoms with van der Waals surface area (Å²) in [5.74, 6) is -0.0284. The molecule has 0 aliphatic carbocycles. The van der Waals surface area contributed by atoms with E-state index in [9.17, 15) is 9.90 Å². The van der Waals surface area contributed by atoms with Crippen LogP contribution in [0.4, 0.5) is 0 Å². The van der Waals surface area contributed by atoms with Gasteiger partial charge in [0.15, 0.2) is 0 Å². The minimum Gasteiger partial charge on any atom is -0.507 e. The molecule has 1 aromatic heterocycles. The highest BCUT2D eigenvalue weighted by Crippen LogP contribution is 2.25. The standard InChI is InChI=1S/C11H10O3.H2O/c1-6-3-8-9(12)5-11(13)14-10(8)4-7(6)2;/h3-5,12H,1-2H3;1H2. The van der Waals surface area contributed by atoms with Gasteiger partial charge in [-0.3, -0.25) is 0 Å². The molecule has 0 bridgehead atoms. The number of rotatable bonds is 0. The van der Waals surface area contributed by atoms with Crippen LogP contribution in [0.3, 0.4) is 0 Å². The van der Waals surface area contributed by atoms with Crippen molar-refractivity contribution in [2.45, 2.75) is 13.8 Å². The molecule has 1 heterocycles. The molecule has 0 unspecified atom stereocenters. The average molecular weight is 208 g/mol.